The molecule has 0 aromatic carbocycles. The lowest BCUT2D eigenvalue weighted by molar-refractivity contribution is -0.162. The van der Waals surface area contributed by atoms with Crippen molar-refractivity contribution in [3.63, 3.8) is 0 Å². The van der Waals surface area contributed by atoms with E-state index in [0.29, 0.717) is 0 Å². The fraction of sp³-hybridized carbons (Fsp3) is 0.857. The Labute approximate surface area is 65.9 Å². The highest BCUT2D eigenvalue weighted by atomic mass is 16.2. The molecule has 0 radical (unpaired) electrons. The Bertz CT molecular complexity index is 157. The lowest BCUT2D eigenvalue weighted by Gasteiger charge is -2.51. The van der Waals surface area contributed by atoms with Crippen molar-refractivity contribution in [1.82, 2.24) is 16.0 Å². The topological polar surface area (TPSA) is 44.4 Å². The first-order valence-electron chi connectivity index (χ1n) is 4.15. The van der Waals surface area contributed by atoms with Crippen molar-refractivity contribution < 1.29 is 4.79 Å². The van der Waals surface area contributed by atoms with E-state index in [2.05, 4.69) is 10.9 Å². The summed E-state index contributed by atoms with van der Waals surface area (Å²) in [6.07, 6.45) is 6.88. The lowest BCUT2D eigenvalue weighted by atomic mass is 9.89. The van der Waals surface area contributed by atoms with Crippen LogP contribution in [0.5, 0.6) is 0 Å². The Hall–Kier alpha value is -0.610. The third-order valence-corrected chi connectivity index (χ3v) is 2.48. The molecule has 1 spiro atoms. The van der Waals surface area contributed by atoms with Crippen LogP contribution in [0.3, 0.4) is 0 Å². The van der Waals surface area contributed by atoms with Gasteiger partial charge in [-0.25, -0.2) is 5.12 Å². The van der Waals surface area contributed by atoms with Crippen LogP contribution in [0, 0.1) is 0 Å². The highest BCUT2D eigenvalue weighted by molar-refractivity contribution is 5.47. The highest BCUT2D eigenvalue weighted by Crippen LogP contribution is 2.29. The van der Waals surface area contributed by atoms with Gasteiger partial charge in [0.2, 0.25) is 6.41 Å². The number of amides is 1. The van der Waals surface area contributed by atoms with Crippen LogP contribution in [0.2, 0.25) is 0 Å². The lowest BCUT2D eigenvalue weighted by Crippen LogP contribution is -2.80. The molecule has 1 amide bonds. The van der Waals surface area contributed by atoms with Crippen molar-refractivity contribution in [1.29, 1.82) is 0 Å². The fourth-order valence-corrected chi connectivity index (χ4v) is 1.89. The number of nitrogens with zero attached hydrogens (tertiary/aromatic N) is 1. The number of hydrogen-bond acceptors (Lipinski definition) is 3. The molecule has 11 heavy (non-hydrogen) atoms. The van der Waals surface area contributed by atoms with Gasteiger partial charge in [0, 0.05) is 0 Å². The van der Waals surface area contributed by atoms with E-state index in [-0.39, 0.29) is 5.66 Å². The normalized spacial score (nSPS) is 28.2. The van der Waals surface area contributed by atoms with E-state index in [1.807, 2.05) is 0 Å². The maximum atomic E-state index is 10.2. The second-order valence-electron chi connectivity index (χ2n) is 3.34. The maximum absolute atomic E-state index is 10.2. The molecule has 2 rings (SSSR count). The molecule has 2 fully saturated rings. The average Bonchev–Trinajstić information content (AvgIpc) is 2.01. The standard InChI is InChI=1S/C7H13N3O/c11-6-10-8-7(9-10)4-2-1-3-5-7/h6,8-9H,1-5H2. The second kappa shape index (κ2) is 2.46. The van der Waals surface area contributed by atoms with Crippen LogP contribution in [-0.2, 0) is 4.79 Å². The van der Waals surface area contributed by atoms with E-state index in [4.69, 9.17) is 0 Å². The number of nitrogens with one attached hydrogen (secondary N) is 2. The van der Waals surface area contributed by atoms with Crippen LogP contribution in [0.25, 0.3) is 0 Å². The molecule has 1 aliphatic heterocycles. The molecule has 4 nitrogen and oxygen atoms in total. The van der Waals surface area contributed by atoms with Gasteiger partial charge in [-0.1, -0.05) is 19.3 Å². The zero-order valence-corrected chi connectivity index (χ0v) is 6.47. The SMILES string of the molecule is O=CN1NC2(CCCCC2)N1. The molecule has 2 aliphatic rings. The summed E-state index contributed by atoms with van der Waals surface area (Å²) in [5.74, 6) is 0. The van der Waals surface area contributed by atoms with Crippen molar-refractivity contribution in [2.75, 3.05) is 0 Å². The maximum Gasteiger partial charge on any atom is 0.238 e. The molecular weight excluding hydrogens is 142 g/mol. The smallest absolute Gasteiger partial charge is 0.238 e. The van der Waals surface area contributed by atoms with Gasteiger partial charge in [-0.15, -0.1) is 0 Å². The molecule has 1 saturated heterocycles. The van der Waals surface area contributed by atoms with Gasteiger partial charge in [-0.2, -0.15) is 10.9 Å². The number of rotatable bonds is 1. The Morgan fingerprint density at radius 3 is 2.36 bits per heavy atom. The van der Waals surface area contributed by atoms with Crippen molar-refractivity contribution in [2.45, 2.75) is 37.8 Å². The van der Waals surface area contributed by atoms with E-state index >= 15 is 0 Å². The quantitative estimate of drug-likeness (QED) is 0.529. The van der Waals surface area contributed by atoms with Crippen LogP contribution in [0.4, 0.5) is 0 Å². The summed E-state index contributed by atoms with van der Waals surface area (Å²) in [6, 6.07) is 0. The van der Waals surface area contributed by atoms with Crippen LogP contribution >= 0.6 is 0 Å². The minimum Gasteiger partial charge on any atom is -0.276 e. The number of carbonyl (C=O) groups is 1. The van der Waals surface area contributed by atoms with E-state index in [9.17, 15) is 4.79 Å². The Morgan fingerprint density at radius 2 is 1.82 bits per heavy atom. The van der Waals surface area contributed by atoms with Crippen molar-refractivity contribution in [3.05, 3.63) is 0 Å². The monoisotopic (exact) mass is 155 g/mol. The summed E-state index contributed by atoms with van der Waals surface area (Å²) in [7, 11) is 0. The van der Waals surface area contributed by atoms with E-state index < -0.39 is 0 Å². The Morgan fingerprint density at radius 1 is 1.18 bits per heavy atom. The zero-order valence-electron chi connectivity index (χ0n) is 6.47. The molecule has 2 N–H and O–H groups in total. The predicted octanol–water partition coefficient (Wildman–Crippen LogP) is 0.128. The third-order valence-electron chi connectivity index (χ3n) is 2.48. The number of hydrogen-bond donors (Lipinski definition) is 2. The van der Waals surface area contributed by atoms with Gasteiger partial charge >= 0.3 is 0 Å². The van der Waals surface area contributed by atoms with Crippen molar-refractivity contribution in [3.8, 4) is 0 Å². The summed E-state index contributed by atoms with van der Waals surface area (Å²) in [5, 5.41) is 1.39. The van der Waals surface area contributed by atoms with E-state index in [0.717, 1.165) is 19.3 Å². The number of hydrazine groups is 2. The van der Waals surface area contributed by atoms with Gasteiger partial charge in [0.1, 0.15) is 5.66 Å². The zero-order chi connectivity index (χ0) is 7.73. The van der Waals surface area contributed by atoms with Crippen LogP contribution in [0.15, 0.2) is 0 Å². The Balaban J connectivity index is 1.88. The van der Waals surface area contributed by atoms with Gasteiger partial charge in [0.05, 0.1) is 0 Å². The molecule has 1 heterocycles. The van der Waals surface area contributed by atoms with Gasteiger partial charge in [0.15, 0.2) is 0 Å². The summed E-state index contributed by atoms with van der Waals surface area (Å²) in [4.78, 5) is 10.2. The largest absolute Gasteiger partial charge is 0.276 e. The highest BCUT2D eigenvalue weighted by Gasteiger charge is 2.42. The van der Waals surface area contributed by atoms with Crippen molar-refractivity contribution in [2.24, 2.45) is 0 Å². The molecule has 0 aromatic rings. The third kappa shape index (κ3) is 1.12. The summed E-state index contributed by atoms with van der Waals surface area (Å²) < 4.78 is 0. The minimum atomic E-state index is 0.0686. The van der Waals surface area contributed by atoms with Gasteiger partial charge < -0.3 is 0 Å². The van der Waals surface area contributed by atoms with Crippen LogP contribution in [-0.4, -0.2) is 17.2 Å². The minimum absolute atomic E-state index is 0.0686. The van der Waals surface area contributed by atoms with E-state index in [1.165, 1.54) is 24.4 Å². The Kier molecular flexibility index (Phi) is 1.58. The summed E-state index contributed by atoms with van der Waals surface area (Å²) >= 11 is 0. The molecule has 0 unspecified atom stereocenters. The first-order valence-corrected chi connectivity index (χ1v) is 4.15. The molecule has 0 bridgehead atoms. The molecule has 0 atom stereocenters. The van der Waals surface area contributed by atoms with Gasteiger partial charge in [-0.05, 0) is 12.8 Å². The molecule has 62 valence electrons. The average molecular weight is 155 g/mol. The molecule has 0 aromatic heterocycles. The van der Waals surface area contributed by atoms with Gasteiger partial charge in [0.25, 0.3) is 0 Å². The number of carbonyl (C=O) groups excluding carboxylic acids is 1. The van der Waals surface area contributed by atoms with Crippen LogP contribution < -0.4 is 10.9 Å². The van der Waals surface area contributed by atoms with E-state index in [1.54, 1.807) is 0 Å². The second-order valence-corrected chi connectivity index (χ2v) is 3.34. The molecule has 4 heteroatoms. The first kappa shape index (κ1) is 7.06. The van der Waals surface area contributed by atoms with Crippen molar-refractivity contribution >= 4 is 6.41 Å². The molecule has 1 saturated carbocycles. The fourth-order valence-electron chi connectivity index (χ4n) is 1.89. The van der Waals surface area contributed by atoms with Crippen LogP contribution in [0.1, 0.15) is 32.1 Å². The van der Waals surface area contributed by atoms with Gasteiger partial charge in [-0.3, -0.25) is 4.79 Å². The summed E-state index contributed by atoms with van der Waals surface area (Å²) in [6.45, 7) is 0. The molecule has 1 aliphatic carbocycles. The predicted molar refractivity (Wildman–Crippen MR) is 40.0 cm³/mol. The summed E-state index contributed by atoms with van der Waals surface area (Å²) in [5.41, 5.74) is 6.27. The molecular formula is C7H13N3O. The first-order chi connectivity index (χ1) is 5.35.